The van der Waals surface area contributed by atoms with E-state index < -0.39 is 11.7 Å². The van der Waals surface area contributed by atoms with Crippen molar-refractivity contribution >= 4 is 5.91 Å². The molecule has 212 valence electrons. The molecule has 2 aromatic heterocycles. The minimum Gasteiger partial charge on any atom is -0.494 e. The number of carbonyl (C=O) groups is 1. The third-order valence-corrected chi connectivity index (χ3v) is 7.30. The van der Waals surface area contributed by atoms with Gasteiger partial charge in [0, 0.05) is 44.7 Å². The standard InChI is InChI=1S/C30H32FN7O3/c1-4-36-11-9-21-13-20(5-6-22(21)17-36)16-37-18-25(26(35-37)19-40-2)30(39)33-15-24-27(7-8-28(41-3)29(24)31)38-12-10-23(14-32)34-38/h5-8,10,12-13,18H,4,9,11,15-17,19H2,1-3H3,(H,33,39). The molecular formula is C30H32FN7O3. The van der Waals surface area contributed by atoms with Crippen LogP contribution in [0.25, 0.3) is 5.69 Å². The highest BCUT2D eigenvalue weighted by Gasteiger charge is 2.21. The summed E-state index contributed by atoms with van der Waals surface area (Å²) < 4.78 is 28.9. The molecule has 4 aromatic rings. The second-order valence-corrected chi connectivity index (χ2v) is 9.86. The van der Waals surface area contributed by atoms with Gasteiger partial charge in [-0.1, -0.05) is 25.1 Å². The summed E-state index contributed by atoms with van der Waals surface area (Å²) in [6.45, 7) is 5.74. The SMILES string of the molecule is CCN1CCc2cc(Cn3cc(C(=O)NCc4c(-n5ccc(C#N)n5)ccc(OC)c4F)c(COC)n3)ccc2C1. The van der Waals surface area contributed by atoms with E-state index in [4.69, 9.17) is 14.7 Å². The van der Waals surface area contributed by atoms with Crippen LogP contribution in [-0.2, 0) is 37.4 Å². The van der Waals surface area contributed by atoms with Crippen molar-refractivity contribution in [1.29, 1.82) is 5.26 Å². The number of hydrogen-bond donors (Lipinski definition) is 1. The van der Waals surface area contributed by atoms with Gasteiger partial charge in [0.05, 0.1) is 31.5 Å². The number of ether oxygens (including phenoxy) is 2. The number of nitrogens with one attached hydrogen (secondary N) is 1. The Morgan fingerprint density at radius 2 is 2.02 bits per heavy atom. The van der Waals surface area contributed by atoms with E-state index in [0.29, 0.717) is 23.5 Å². The molecule has 0 saturated carbocycles. The summed E-state index contributed by atoms with van der Waals surface area (Å²) in [6, 6.07) is 13.1. The van der Waals surface area contributed by atoms with Crippen LogP contribution >= 0.6 is 0 Å². The van der Waals surface area contributed by atoms with Crippen molar-refractivity contribution in [2.45, 2.75) is 39.6 Å². The molecule has 10 nitrogen and oxygen atoms in total. The summed E-state index contributed by atoms with van der Waals surface area (Å²) in [6.07, 6.45) is 4.27. The van der Waals surface area contributed by atoms with Crippen molar-refractivity contribution in [3.8, 4) is 17.5 Å². The summed E-state index contributed by atoms with van der Waals surface area (Å²) in [4.78, 5) is 15.8. The molecule has 1 N–H and O–H groups in total. The molecule has 0 saturated heterocycles. The predicted octanol–water partition coefficient (Wildman–Crippen LogP) is 3.59. The number of hydrogen-bond acceptors (Lipinski definition) is 7. The van der Waals surface area contributed by atoms with Crippen LogP contribution in [0.4, 0.5) is 4.39 Å². The highest BCUT2D eigenvalue weighted by Crippen LogP contribution is 2.27. The third-order valence-electron chi connectivity index (χ3n) is 7.30. The molecule has 0 aliphatic carbocycles. The largest absolute Gasteiger partial charge is 0.494 e. The Morgan fingerprint density at radius 3 is 2.76 bits per heavy atom. The second-order valence-electron chi connectivity index (χ2n) is 9.86. The Bertz CT molecular complexity index is 1600. The average molecular weight is 558 g/mol. The molecule has 0 unspecified atom stereocenters. The van der Waals surface area contributed by atoms with Gasteiger partial charge < -0.3 is 14.8 Å². The zero-order valence-corrected chi connectivity index (χ0v) is 23.4. The van der Waals surface area contributed by atoms with E-state index in [-0.39, 0.29) is 30.2 Å². The maximum Gasteiger partial charge on any atom is 0.255 e. The van der Waals surface area contributed by atoms with E-state index in [1.807, 2.05) is 6.07 Å². The Morgan fingerprint density at radius 1 is 1.17 bits per heavy atom. The average Bonchev–Trinajstić information content (AvgIpc) is 3.63. The molecule has 1 aliphatic heterocycles. The van der Waals surface area contributed by atoms with Gasteiger partial charge in [0.25, 0.3) is 5.91 Å². The third kappa shape index (κ3) is 5.99. The monoisotopic (exact) mass is 557 g/mol. The molecule has 11 heteroatoms. The zero-order valence-electron chi connectivity index (χ0n) is 23.4. The predicted molar refractivity (Wildman–Crippen MR) is 149 cm³/mol. The lowest BCUT2D eigenvalue weighted by atomic mass is 9.97. The van der Waals surface area contributed by atoms with E-state index in [2.05, 4.69) is 45.5 Å². The Hall–Kier alpha value is -4.53. The van der Waals surface area contributed by atoms with Gasteiger partial charge in [0.2, 0.25) is 0 Å². The van der Waals surface area contributed by atoms with Crippen LogP contribution in [0.1, 0.15) is 50.9 Å². The quantitative estimate of drug-likeness (QED) is 0.317. The smallest absolute Gasteiger partial charge is 0.255 e. The second kappa shape index (κ2) is 12.3. The number of carbonyl (C=O) groups excluding carboxylic acids is 1. The highest BCUT2D eigenvalue weighted by atomic mass is 19.1. The number of likely N-dealkylation sites (N-methyl/N-ethyl adjacent to an activating group) is 1. The minimum absolute atomic E-state index is 0.0333. The van der Waals surface area contributed by atoms with Crippen LogP contribution in [0.3, 0.4) is 0 Å². The number of rotatable bonds is 10. The van der Waals surface area contributed by atoms with Crippen LogP contribution in [0, 0.1) is 17.1 Å². The summed E-state index contributed by atoms with van der Waals surface area (Å²) in [5.74, 6) is -1.01. The zero-order chi connectivity index (χ0) is 28.9. The topological polar surface area (TPSA) is 110 Å². The summed E-state index contributed by atoms with van der Waals surface area (Å²) >= 11 is 0. The maximum atomic E-state index is 15.3. The normalized spacial score (nSPS) is 13.0. The molecule has 3 heterocycles. The lowest BCUT2D eigenvalue weighted by Gasteiger charge is -2.27. The maximum absolute atomic E-state index is 15.3. The number of fused-ring (bicyclic) bond motifs is 1. The van der Waals surface area contributed by atoms with Crippen molar-refractivity contribution in [3.05, 3.63) is 93.8 Å². The molecule has 41 heavy (non-hydrogen) atoms. The van der Waals surface area contributed by atoms with Crippen molar-refractivity contribution < 1.29 is 18.7 Å². The lowest BCUT2D eigenvalue weighted by molar-refractivity contribution is 0.0945. The van der Waals surface area contributed by atoms with Gasteiger partial charge in [0.1, 0.15) is 11.8 Å². The number of nitriles is 1. The number of nitrogens with zero attached hydrogens (tertiary/aromatic N) is 6. The first-order valence-corrected chi connectivity index (χ1v) is 13.4. The molecule has 5 rings (SSSR count). The molecule has 0 bridgehead atoms. The minimum atomic E-state index is -0.624. The van der Waals surface area contributed by atoms with Gasteiger partial charge in [-0.3, -0.25) is 14.4 Å². The van der Waals surface area contributed by atoms with E-state index in [1.54, 1.807) is 30.3 Å². The number of aromatic nitrogens is 4. The van der Waals surface area contributed by atoms with Crippen LogP contribution in [0.15, 0.2) is 48.8 Å². The van der Waals surface area contributed by atoms with Gasteiger partial charge in [-0.25, -0.2) is 9.07 Å². The number of amides is 1. The van der Waals surface area contributed by atoms with Gasteiger partial charge in [-0.15, -0.1) is 0 Å². The van der Waals surface area contributed by atoms with Crippen LogP contribution in [-0.4, -0.2) is 57.7 Å². The molecular weight excluding hydrogens is 525 g/mol. The Balaban J connectivity index is 1.36. The van der Waals surface area contributed by atoms with Crippen molar-refractivity contribution in [2.24, 2.45) is 0 Å². The number of methoxy groups -OCH3 is 2. The van der Waals surface area contributed by atoms with Gasteiger partial charge in [-0.2, -0.15) is 15.5 Å². The van der Waals surface area contributed by atoms with Crippen LogP contribution in [0.5, 0.6) is 5.75 Å². The van der Waals surface area contributed by atoms with Gasteiger partial charge in [0.15, 0.2) is 17.3 Å². The molecule has 2 aromatic carbocycles. The Labute approximate surface area is 237 Å². The van der Waals surface area contributed by atoms with Gasteiger partial charge >= 0.3 is 0 Å². The first-order chi connectivity index (χ1) is 19.9. The van der Waals surface area contributed by atoms with E-state index in [0.717, 1.165) is 31.6 Å². The first-order valence-electron chi connectivity index (χ1n) is 13.4. The van der Waals surface area contributed by atoms with Crippen molar-refractivity contribution in [1.82, 2.24) is 29.8 Å². The van der Waals surface area contributed by atoms with E-state index in [1.165, 1.54) is 35.1 Å². The summed E-state index contributed by atoms with van der Waals surface area (Å²) in [5.41, 5.74) is 5.38. The number of halogens is 1. The van der Waals surface area contributed by atoms with Crippen molar-refractivity contribution in [2.75, 3.05) is 27.3 Å². The van der Waals surface area contributed by atoms with Crippen LogP contribution < -0.4 is 10.1 Å². The number of benzene rings is 2. The molecule has 1 amide bonds. The molecule has 0 fully saturated rings. The highest BCUT2D eigenvalue weighted by molar-refractivity contribution is 5.95. The molecule has 0 radical (unpaired) electrons. The lowest BCUT2D eigenvalue weighted by Crippen LogP contribution is -2.30. The fraction of sp³-hybridized carbons (Fsp3) is 0.333. The molecule has 0 atom stereocenters. The first kappa shape index (κ1) is 28.0. The Kier molecular flexibility index (Phi) is 8.42. The fourth-order valence-corrected chi connectivity index (χ4v) is 5.11. The fourth-order valence-electron chi connectivity index (χ4n) is 5.11. The van der Waals surface area contributed by atoms with E-state index >= 15 is 4.39 Å². The van der Waals surface area contributed by atoms with Gasteiger partial charge in [-0.05, 0) is 47.9 Å². The molecule has 1 aliphatic rings. The molecule has 0 spiro atoms. The summed E-state index contributed by atoms with van der Waals surface area (Å²) in [7, 11) is 2.91. The van der Waals surface area contributed by atoms with E-state index in [9.17, 15) is 4.79 Å². The van der Waals surface area contributed by atoms with Crippen molar-refractivity contribution in [3.63, 3.8) is 0 Å². The summed E-state index contributed by atoms with van der Waals surface area (Å²) in [5, 5.41) is 20.7. The van der Waals surface area contributed by atoms with Crippen LogP contribution in [0.2, 0.25) is 0 Å².